The van der Waals surface area contributed by atoms with E-state index in [1.807, 2.05) is 43.0 Å². The average molecular weight is 433 g/mol. The first-order chi connectivity index (χ1) is 14.9. The molecule has 0 spiro atoms. The van der Waals surface area contributed by atoms with Crippen LogP contribution in [-0.4, -0.2) is 68.4 Å². The maximum Gasteiger partial charge on any atom is 0.254 e. The number of carbonyl (C=O) groups is 1. The molecule has 0 saturated carbocycles. The first kappa shape index (κ1) is 25.1. The predicted molar refractivity (Wildman–Crippen MR) is 125 cm³/mol. The molecular formula is C24H40N4O3. The molecule has 1 fully saturated rings. The Morgan fingerprint density at radius 2 is 1.87 bits per heavy atom. The molecule has 1 amide bonds. The summed E-state index contributed by atoms with van der Waals surface area (Å²) in [5.41, 5.74) is 1.78. The van der Waals surface area contributed by atoms with E-state index in [-0.39, 0.29) is 18.1 Å². The van der Waals surface area contributed by atoms with Gasteiger partial charge in [-0.05, 0) is 50.8 Å². The van der Waals surface area contributed by atoms with E-state index < -0.39 is 0 Å². The molecule has 1 heterocycles. The average Bonchev–Trinajstić information content (AvgIpc) is 2.73. The fourth-order valence-electron chi connectivity index (χ4n) is 3.49. The minimum Gasteiger partial charge on any atom is -0.381 e. The SMILES string of the molecule is CCNC(=NCc1ccc(C(=O)N2CC(C)OC(C)C2)cc1)NCCCOCC(C)C. The molecule has 0 bridgehead atoms. The molecule has 7 heteroatoms. The number of nitrogens with zero attached hydrogens (tertiary/aromatic N) is 2. The number of nitrogens with one attached hydrogen (secondary N) is 2. The summed E-state index contributed by atoms with van der Waals surface area (Å²) in [6.07, 6.45) is 1.08. The minimum atomic E-state index is 0.0618. The lowest BCUT2D eigenvalue weighted by Gasteiger charge is -2.35. The zero-order chi connectivity index (χ0) is 22.6. The molecule has 174 valence electrons. The summed E-state index contributed by atoms with van der Waals surface area (Å²) >= 11 is 0. The fraction of sp³-hybridized carbons (Fsp3) is 0.667. The van der Waals surface area contributed by atoms with Gasteiger partial charge >= 0.3 is 0 Å². The molecule has 1 aliphatic heterocycles. The summed E-state index contributed by atoms with van der Waals surface area (Å²) in [6, 6.07) is 7.75. The third kappa shape index (κ3) is 9.27. The van der Waals surface area contributed by atoms with Gasteiger partial charge in [-0.3, -0.25) is 4.79 Å². The van der Waals surface area contributed by atoms with E-state index >= 15 is 0 Å². The molecule has 2 unspecified atom stereocenters. The molecular weight excluding hydrogens is 392 g/mol. The zero-order valence-electron chi connectivity index (χ0n) is 19.8. The Balaban J connectivity index is 1.83. The standard InChI is InChI=1S/C24H40N4O3/c1-6-25-24(26-12-7-13-30-17-18(2)3)27-14-21-8-10-22(11-9-21)23(29)28-15-19(4)31-20(5)16-28/h8-11,18-20H,6-7,12-17H2,1-5H3,(H2,25,26,27). The second kappa shape index (κ2) is 13.3. The maximum atomic E-state index is 12.8. The molecule has 1 saturated heterocycles. The summed E-state index contributed by atoms with van der Waals surface area (Å²) < 4.78 is 11.3. The van der Waals surface area contributed by atoms with Crippen molar-refractivity contribution >= 4 is 11.9 Å². The van der Waals surface area contributed by atoms with Crippen molar-refractivity contribution in [3.63, 3.8) is 0 Å². The molecule has 0 radical (unpaired) electrons. The number of carbonyl (C=O) groups excluding carboxylic acids is 1. The zero-order valence-corrected chi connectivity index (χ0v) is 19.8. The van der Waals surface area contributed by atoms with Crippen molar-refractivity contribution in [3.8, 4) is 0 Å². The number of aliphatic imine (C=N–C) groups is 1. The highest BCUT2D eigenvalue weighted by Gasteiger charge is 2.26. The van der Waals surface area contributed by atoms with E-state index in [1.54, 1.807) is 0 Å². The van der Waals surface area contributed by atoms with Crippen LogP contribution in [0.15, 0.2) is 29.3 Å². The van der Waals surface area contributed by atoms with E-state index in [0.717, 1.165) is 44.2 Å². The van der Waals surface area contributed by atoms with Crippen molar-refractivity contribution in [2.45, 2.75) is 59.8 Å². The lowest BCUT2D eigenvalue weighted by Crippen LogP contribution is -2.48. The van der Waals surface area contributed by atoms with Crippen molar-refractivity contribution in [2.75, 3.05) is 39.4 Å². The highest BCUT2D eigenvalue weighted by Crippen LogP contribution is 2.15. The van der Waals surface area contributed by atoms with Crippen molar-refractivity contribution in [3.05, 3.63) is 35.4 Å². The number of morpholine rings is 1. The molecule has 2 N–H and O–H groups in total. The molecule has 2 atom stereocenters. The van der Waals surface area contributed by atoms with Crippen LogP contribution in [-0.2, 0) is 16.0 Å². The number of rotatable bonds is 10. The van der Waals surface area contributed by atoms with Gasteiger partial charge in [0.15, 0.2) is 5.96 Å². The van der Waals surface area contributed by atoms with Gasteiger partial charge in [-0.15, -0.1) is 0 Å². The number of amides is 1. The summed E-state index contributed by atoms with van der Waals surface area (Å²) in [6.45, 7) is 15.4. The van der Waals surface area contributed by atoms with Gasteiger partial charge in [-0.2, -0.15) is 0 Å². The second-order valence-electron chi connectivity index (χ2n) is 8.61. The van der Waals surface area contributed by atoms with E-state index in [2.05, 4.69) is 36.4 Å². The van der Waals surface area contributed by atoms with Crippen molar-refractivity contribution < 1.29 is 14.3 Å². The number of hydrogen-bond donors (Lipinski definition) is 2. The lowest BCUT2D eigenvalue weighted by atomic mass is 10.1. The van der Waals surface area contributed by atoms with Crippen LogP contribution in [0.5, 0.6) is 0 Å². The Kier molecular flexibility index (Phi) is 10.8. The first-order valence-electron chi connectivity index (χ1n) is 11.5. The monoisotopic (exact) mass is 432 g/mol. The molecule has 1 aliphatic rings. The van der Waals surface area contributed by atoms with Gasteiger partial charge in [0.05, 0.1) is 18.8 Å². The summed E-state index contributed by atoms with van der Waals surface area (Å²) in [5, 5.41) is 6.61. The number of hydrogen-bond acceptors (Lipinski definition) is 4. The van der Waals surface area contributed by atoms with Crippen molar-refractivity contribution in [1.29, 1.82) is 0 Å². The number of ether oxygens (including phenoxy) is 2. The Morgan fingerprint density at radius 3 is 2.48 bits per heavy atom. The third-order valence-corrected chi connectivity index (χ3v) is 4.88. The second-order valence-corrected chi connectivity index (χ2v) is 8.61. The van der Waals surface area contributed by atoms with Crippen LogP contribution in [0.2, 0.25) is 0 Å². The molecule has 31 heavy (non-hydrogen) atoms. The van der Waals surface area contributed by atoms with Crippen LogP contribution >= 0.6 is 0 Å². The third-order valence-electron chi connectivity index (χ3n) is 4.88. The quantitative estimate of drug-likeness (QED) is 0.338. The largest absolute Gasteiger partial charge is 0.381 e. The minimum absolute atomic E-state index is 0.0618. The van der Waals surface area contributed by atoms with E-state index in [1.165, 1.54) is 0 Å². The van der Waals surface area contributed by atoms with Crippen molar-refractivity contribution in [2.24, 2.45) is 10.9 Å². The van der Waals surface area contributed by atoms with Crippen LogP contribution < -0.4 is 10.6 Å². The van der Waals surface area contributed by atoms with Crippen LogP contribution in [0.3, 0.4) is 0 Å². The summed E-state index contributed by atoms with van der Waals surface area (Å²) in [7, 11) is 0. The Hall–Kier alpha value is -2.12. The molecule has 1 aromatic carbocycles. The molecule has 7 nitrogen and oxygen atoms in total. The van der Waals surface area contributed by atoms with Gasteiger partial charge in [0, 0.05) is 45.0 Å². The molecule has 0 aliphatic carbocycles. The van der Waals surface area contributed by atoms with Crippen molar-refractivity contribution in [1.82, 2.24) is 15.5 Å². The maximum absolute atomic E-state index is 12.8. The topological polar surface area (TPSA) is 75.2 Å². The predicted octanol–water partition coefficient (Wildman–Crippen LogP) is 3.05. The lowest BCUT2D eigenvalue weighted by molar-refractivity contribution is -0.0586. The molecule has 0 aromatic heterocycles. The van der Waals surface area contributed by atoms with Gasteiger partial charge in [0.1, 0.15) is 0 Å². The number of benzene rings is 1. The first-order valence-corrected chi connectivity index (χ1v) is 11.5. The molecule has 2 rings (SSSR count). The van der Waals surface area contributed by atoms with E-state index in [0.29, 0.717) is 31.1 Å². The van der Waals surface area contributed by atoms with Gasteiger partial charge < -0.3 is 25.0 Å². The Bertz CT molecular complexity index is 681. The van der Waals surface area contributed by atoms with Crippen LogP contribution in [0.25, 0.3) is 0 Å². The normalized spacial score (nSPS) is 19.5. The highest BCUT2D eigenvalue weighted by atomic mass is 16.5. The van der Waals surface area contributed by atoms with Crippen LogP contribution in [0, 0.1) is 5.92 Å². The highest BCUT2D eigenvalue weighted by molar-refractivity contribution is 5.94. The van der Waals surface area contributed by atoms with E-state index in [4.69, 9.17) is 9.47 Å². The van der Waals surface area contributed by atoms with E-state index in [9.17, 15) is 4.79 Å². The van der Waals surface area contributed by atoms with Gasteiger partial charge in [-0.25, -0.2) is 4.99 Å². The van der Waals surface area contributed by atoms with Crippen LogP contribution in [0.1, 0.15) is 57.0 Å². The Labute approximate surface area is 187 Å². The van der Waals surface area contributed by atoms with Crippen LogP contribution in [0.4, 0.5) is 0 Å². The molecule has 1 aromatic rings. The van der Waals surface area contributed by atoms with Gasteiger partial charge in [0.2, 0.25) is 0 Å². The van der Waals surface area contributed by atoms with Gasteiger partial charge in [0.25, 0.3) is 5.91 Å². The Morgan fingerprint density at radius 1 is 1.19 bits per heavy atom. The summed E-state index contributed by atoms with van der Waals surface area (Å²) in [4.78, 5) is 19.3. The smallest absolute Gasteiger partial charge is 0.254 e. The van der Waals surface area contributed by atoms with Gasteiger partial charge in [-0.1, -0.05) is 26.0 Å². The number of guanidine groups is 1. The summed E-state index contributed by atoms with van der Waals surface area (Å²) in [5.74, 6) is 1.42. The fourth-order valence-corrected chi connectivity index (χ4v) is 3.49.